The van der Waals surface area contributed by atoms with Gasteiger partial charge in [0.2, 0.25) is 0 Å². The molecule has 1 aromatic heterocycles. The highest BCUT2D eigenvalue weighted by molar-refractivity contribution is 6.16. The van der Waals surface area contributed by atoms with E-state index in [0.717, 1.165) is 12.1 Å². The van der Waals surface area contributed by atoms with Crippen LogP contribution < -0.4 is 5.01 Å². The van der Waals surface area contributed by atoms with Crippen molar-refractivity contribution in [2.75, 3.05) is 31.3 Å². The summed E-state index contributed by atoms with van der Waals surface area (Å²) in [5.41, 5.74) is 0.218. The molecule has 1 saturated heterocycles. The van der Waals surface area contributed by atoms with Gasteiger partial charge in [0.25, 0.3) is 0 Å². The number of aromatic nitrogens is 2. The highest BCUT2D eigenvalue weighted by Gasteiger charge is 2.31. The normalized spacial score (nSPS) is 16.7. The van der Waals surface area contributed by atoms with Crippen LogP contribution in [0.5, 0.6) is 0 Å². The average Bonchev–Trinajstić information content (AvgIpc) is 2.84. The van der Waals surface area contributed by atoms with Gasteiger partial charge in [0.05, 0.1) is 48.8 Å². The third-order valence-corrected chi connectivity index (χ3v) is 3.65. The second-order valence-electron chi connectivity index (χ2n) is 4.74. The molecule has 1 aliphatic rings. The van der Waals surface area contributed by atoms with Crippen LogP contribution in [0.4, 0.5) is 13.2 Å². The quantitative estimate of drug-likeness (QED) is 0.797. The average molecular weight is 320 g/mol. The molecule has 0 spiro atoms. The molecule has 2 heterocycles. The van der Waals surface area contributed by atoms with E-state index in [-0.39, 0.29) is 5.88 Å². The molecule has 3 rings (SSSR count). The number of hydrogen-bond donors (Lipinski definition) is 0. The topological polar surface area (TPSA) is 30.3 Å². The first-order chi connectivity index (χ1) is 10.0. The lowest BCUT2D eigenvalue weighted by molar-refractivity contribution is -0.137. The smallest absolute Gasteiger partial charge is 0.378 e. The maximum Gasteiger partial charge on any atom is 0.416 e. The van der Waals surface area contributed by atoms with E-state index >= 15 is 0 Å². The van der Waals surface area contributed by atoms with Gasteiger partial charge in [-0.25, -0.2) is 9.66 Å². The summed E-state index contributed by atoms with van der Waals surface area (Å²) in [4.78, 5) is 4.23. The van der Waals surface area contributed by atoms with E-state index in [4.69, 9.17) is 16.3 Å². The van der Waals surface area contributed by atoms with E-state index in [1.54, 1.807) is 4.68 Å². The van der Waals surface area contributed by atoms with Crippen LogP contribution >= 0.6 is 11.6 Å². The Morgan fingerprint density at radius 1 is 1.24 bits per heavy atom. The Morgan fingerprint density at radius 3 is 2.57 bits per heavy atom. The van der Waals surface area contributed by atoms with Crippen LogP contribution in [-0.4, -0.2) is 36.0 Å². The lowest BCUT2D eigenvalue weighted by Gasteiger charge is -2.31. The van der Waals surface area contributed by atoms with Gasteiger partial charge in [0.1, 0.15) is 5.82 Å². The minimum absolute atomic E-state index is 0.132. The van der Waals surface area contributed by atoms with Gasteiger partial charge in [-0.05, 0) is 18.2 Å². The Labute approximate surface area is 124 Å². The van der Waals surface area contributed by atoms with Crippen LogP contribution in [0.2, 0.25) is 0 Å². The molecule has 2 aromatic rings. The van der Waals surface area contributed by atoms with Crippen molar-refractivity contribution in [1.82, 2.24) is 9.66 Å². The van der Waals surface area contributed by atoms with Gasteiger partial charge in [0, 0.05) is 0 Å². The van der Waals surface area contributed by atoms with E-state index in [2.05, 4.69) is 4.98 Å². The predicted molar refractivity (Wildman–Crippen MR) is 73.1 cm³/mol. The van der Waals surface area contributed by atoms with Crippen molar-refractivity contribution in [2.45, 2.75) is 12.1 Å². The number of fused-ring (bicyclic) bond motifs is 1. The van der Waals surface area contributed by atoms with Crippen molar-refractivity contribution in [3.63, 3.8) is 0 Å². The second kappa shape index (κ2) is 5.38. The van der Waals surface area contributed by atoms with Gasteiger partial charge in [-0.2, -0.15) is 13.2 Å². The Bertz CT molecular complexity index is 650. The predicted octanol–water partition coefficient (Wildman–Crippen LogP) is 2.76. The number of alkyl halides is 4. The van der Waals surface area contributed by atoms with Crippen LogP contribution in [0.25, 0.3) is 11.0 Å². The molecule has 1 aromatic carbocycles. The summed E-state index contributed by atoms with van der Waals surface area (Å²) in [5.74, 6) is 0.667. The maximum atomic E-state index is 12.8. The first-order valence-electron chi connectivity index (χ1n) is 6.48. The third-order valence-electron chi connectivity index (χ3n) is 3.41. The summed E-state index contributed by atoms with van der Waals surface area (Å²) in [5, 5.41) is 1.99. The van der Waals surface area contributed by atoms with E-state index < -0.39 is 11.7 Å². The van der Waals surface area contributed by atoms with E-state index in [1.165, 1.54) is 6.07 Å². The number of morpholine rings is 1. The molecule has 0 unspecified atom stereocenters. The number of halogens is 4. The zero-order chi connectivity index (χ0) is 15.0. The molecule has 0 aliphatic carbocycles. The van der Waals surface area contributed by atoms with Crippen molar-refractivity contribution in [1.29, 1.82) is 0 Å². The fraction of sp³-hybridized carbons (Fsp3) is 0.462. The summed E-state index contributed by atoms with van der Waals surface area (Å²) >= 11 is 5.89. The van der Waals surface area contributed by atoms with E-state index in [9.17, 15) is 13.2 Å². The van der Waals surface area contributed by atoms with Gasteiger partial charge in [-0.15, -0.1) is 11.6 Å². The molecule has 0 amide bonds. The molecule has 1 fully saturated rings. The van der Waals surface area contributed by atoms with Gasteiger partial charge >= 0.3 is 6.18 Å². The molecule has 0 saturated carbocycles. The summed E-state index contributed by atoms with van der Waals surface area (Å²) in [7, 11) is 0. The Hall–Kier alpha value is -1.47. The molecular weight excluding hydrogens is 307 g/mol. The summed E-state index contributed by atoms with van der Waals surface area (Å²) in [6.07, 6.45) is -4.38. The highest BCUT2D eigenvalue weighted by Crippen LogP contribution is 2.31. The van der Waals surface area contributed by atoms with Gasteiger partial charge in [0.15, 0.2) is 0 Å². The van der Waals surface area contributed by atoms with Crippen LogP contribution in [0, 0.1) is 0 Å². The second-order valence-corrected chi connectivity index (χ2v) is 5.01. The first-order valence-corrected chi connectivity index (χ1v) is 7.01. The highest BCUT2D eigenvalue weighted by atomic mass is 35.5. The fourth-order valence-electron chi connectivity index (χ4n) is 2.45. The van der Waals surface area contributed by atoms with E-state index in [0.29, 0.717) is 43.2 Å². The SMILES string of the molecule is FC(F)(F)c1ccc2c(c1)nc(CCl)n2N1CCOCC1. The third kappa shape index (κ3) is 2.67. The van der Waals surface area contributed by atoms with Crippen molar-refractivity contribution in [2.24, 2.45) is 0 Å². The van der Waals surface area contributed by atoms with Gasteiger partial charge in [-0.1, -0.05) is 0 Å². The van der Waals surface area contributed by atoms with E-state index in [1.807, 2.05) is 5.01 Å². The molecular formula is C13H13ClF3N3O. The van der Waals surface area contributed by atoms with Crippen LogP contribution in [0.1, 0.15) is 11.4 Å². The molecule has 8 heteroatoms. The molecule has 0 N–H and O–H groups in total. The summed E-state index contributed by atoms with van der Waals surface area (Å²) in [6, 6.07) is 3.57. The number of imidazole rings is 1. The number of nitrogens with zero attached hydrogens (tertiary/aromatic N) is 3. The summed E-state index contributed by atoms with van der Waals surface area (Å²) < 4.78 is 45.4. The number of ether oxygens (including phenoxy) is 1. The lowest BCUT2D eigenvalue weighted by atomic mass is 10.2. The fourth-order valence-corrected chi connectivity index (χ4v) is 2.62. The van der Waals surface area contributed by atoms with Crippen molar-refractivity contribution in [3.8, 4) is 0 Å². The molecule has 0 atom stereocenters. The zero-order valence-electron chi connectivity index (χ0n) is 11.0. The molecule has 4 nitrogen and oxygen atoms in total. The standard InChI is InChI=1S/C13H13ClF3N3O/c14-8-12-18-10-7-9(13(15,16)17)1-2-11(10)20(12)19-3-5-21-6-4-19/h1-2,7H,3-6,8H2. The number of hydrogen-bond acceptors (Lipinski definition) is 3. The van der Waals surface area contributed by atoms with Crippen molar-refractivity contribution >= 4 is 22.6 Å². The lowest BCUT2D eigenvalue weighted by Crippen LogP contribution is -2.44. The maximum absolute atomic E-state index is 12.8. The molecule has 0 radical (unpaired) electrons. The Morgan fingerprint density at radius 2 is 1.95 bits per heavy atom. The van der Waals surface area contributed by atoms with Crippen LogP contribution in [0.3, 0.4) is 0 Å². The monoisotopic (exact) mass is 319 g/mol. The van der Waals surface area contributed by atoms with Gasteiger partial charge in [-0.3, -0.25) is 0 Å². The van der Waals surface area contributed by atoms with Crippen molar-refractivity contribution < 1.29 is 17.9 Å². The molecule has 21 heavy (non-hydrogen) atoms. The van der Waals surface area contributed by atoms with Crippen molar-refractivity contribution in [3.05, 3.63) is 29.6 Å². The largest absolute Gasteiger partial charge is 0.416 e. The Kier molecular flexibility index (Phi) is 3.71. The van der Waals surface area contributed by atoms with Crippen LogP contribution in [0.15, 0.2) is 18.2 Å². The molecule has 114 valence electrons. The number of rotatable bonds is 2. The van der Waals surface area contributed by atoms with Gasteiger partial charge < -0.3 is 9.75 Å². The Balaban J connectivity index is 2.10. The molecule has 1 aliphatic heterocycles. The number of benzene rings is 1. The minimum Gasteiger partial charge on any atom is -0.378 e. The zero-order valence-corrected chi connectivity index (χ0v) is 11.8. The summed E-state index contributed by atoms with van der Waals surface area (Å²) in [6.45, 7) is 2.44. The van der Waals surface area contributed by atoms with Crippen LogP contribution in [-0.2, 0) is 16.8 Å². The minimum atomic E-state index is -4.38. The first kappa shape index (κ1) is 14.5. The molecule has 0 bridgehead atoms.